The molecule has 2 rings (SSSR count). The van der Waals surface area contributed by atoms with E-state index in [4.69, 9.17) is 9.47 Å². The normalized spacial score (nSPS) is 18.7. The molecule has 1 fully saturated rings. The van der Waals surface area contributed by atoms with Gasteiger partial charge in [-0.3, -0.25) is 19.3 Å². The maximum absolute atomic E-state index is 12.6. The Kier molecular flexibility index (Phi) is 7.36. The van der Waals surface area contributed by atoms with Gasteiger partial charge in [-0.05, 0) is 56.9 Å². The van der Waals surface area contributed by atoms with Gasteiger partial charge in [0.25, 0.3) is 5.91 Å². The van der Waals surface area contributed by atoms with E-state index in [1.54, 1.807) is 31.2 Å². The maximum Gasteiger partial charge on any atom is 0.326 e. The number of imide groups is 1. The lowest BCUT2D eigenvalue weighted by Gasteiger charge is -2.22. The number of esters is 1. The summed E-state index contributed by atoms with van der Waals surface area (Å²) in [4.78, 5) is 49.8. The van der Waals surface area contributed by atoms with E-state index in [2.05, 4.69) is 5.32 Å². The summed E-state index contributed by atoms with van der Waals surface area (Å²) >= 11 is 0. The summed E-state index contributed by atoms with van der Waals surface area (Å²) < 4.78 is 10.3. The molecule has 1 aliphatic heterocycles. The number of urea groups is 1. The molecule has 0 saturated carbocycles. The van der Waals surface area contributed by atoms with E-state index in [0.29, 0.717) is 30.3 Å². The lowest BCUT2D eigenvalue weighted by Crippen LogP contribution is -2.44. The lowest BCUT2D eigenvalue weighted by molar-refractivity contribution is -0.146. The zero-order valence-corrected chi connectivity index (χ0v) is 17.3. The molecule has 8 nitrogen and oxygen atoms in total. The van der Waals surface area contributed by atoms with Crippen molar-refractivity contribution in [2.45, 2.75) is 46.1 Å². The minimum absolute atomic E-state index is 0.373. The van der Waals surface area contributed by atoms with Crippen molar-refractivity contribution in [3.63, 3.8) is 0 Å². The molecule has 158 valence electrons. The van der Waals surface area contributed by atoms with Crippen molar-refractivity contribution < 1.29 is 28.7 Å². The van der Waals surface area contributed by atoms with Crippen molar-refractivity contribution in [2.24, 2.45) is 5.92 Å². The van der Waals surface area contributed by atoms with Gasteiger partial charge in [-0.25, -0.2) is 4.79 Å². The van der Waals surface area contributed by atoms with Gasteiger partial charge in [0.2, 0.25) is 0 Å². The predicted octanol–water partition coefficient (Wildman–Crippen LogP) is 2.56. The van der Waals surface area contributed by atoms with Crippen LogP contribution in [0.1, 0.15) is 50.9 Å². The van der Waals surface area contributed by atoms with E-state index in [1.165, 1.54) is 0 Å². The van der Waals surface area contributed by atoms with Crippen LogP contribution in [-0.4, -0.2) is 53.9 Å². The van der Waals surface area contributed by atoms with Gasteiger partial charge >= 0.3 is 12.0 Å². The van der Waals surface area contributed by atoms with Gasteiger partial charge in [-0.15, -0.1) is 0 Å². The molecular weight excluding hydrogens is 376 g/mol. The number of rotatable bonds is 10. The second-order valence-corrected chi connectivity index (χ2v) is 7.63. The molecule has 1 heterocycles. The Hall–Kier alpha value is -2.90. The summed E-state index contributed by atoms with van der Waals surface area (Å²) in [6, 6.07) is 5.85. The Morgan fingerprint density at radius 3 is 2.41 bits per heavy atom. The third-order valence-electron chi connectivity index (χ3n) is 4.71. The summed E-state index contributed by atoms with van der Waals surface area (Å²) in [6.07, 6.45) is 1.24. The molecule has 8 heteroatoms. The number of carbonyl (C=O) groups is 4. The number of benzene rings is 1. The Morgan fingerprint density at radius 2 is 1.83 bits per heavy atom. The van der Waals surface area contributed by atoms with Gasteiger partial charge in [0.05, 0.1) is 6.61 Å². The van der Waals surface area contributed by atoms with Crippen LogP contribution < -0.4 is 10.1 Å². The highest BCUT2D eigenvalue weighted by atomic mass is 16.5. The number of hydrogen-bond donors (Lipinski definition) is 1. The van der Waals surface area contributed by atoms with Crippen LogP contribution >= 0.6 is 0 Å². The van der Waals surface area contributed by atoms with E-state index in [1.807, 2.05) is 20.8 Å². The van der Waals surface area contributed by atoms with Crippen LogP contribution in [-0.2, 0) is 14.3 Å². The molecule has 1 aromatic rings. The Labute approximate surface area is 170 Å². The minimum atomic E-state index is -1.03. The van der Waals surface area contributed by atoms with Gasteiger partial charge in [0.1, 0.15) is 17.8 Å². The first-order valence-corrected chi connectivity index (χ1v) is 9.72. The monoisotopic (exact) mass is 404 g/mol. The predicted molar refractivity (Wildman–Crippen MR) is 106 cm³/mol. The molecule has 0 aromatic heterocycles. The number of ether oxygens (including phenoxy) is 2. The standard InChI is InChI=1S/C21H28N2O6/c1-5-28-16-8-6-15(7-9-16)17(24)13-29-18(25)12-23-19(26)21(4,22-20(23)27)11-10-14(2)3/h6-9,14H,5,10-13H2,1-4H3,(H,22,27)/t21-/m0/s1. The Bertz CT molecular complexity index is 774. The SMILES string of the molecule is CCOc1ccc(C(=O)COC(=O)CN2C(=O)N[C@@](C)(CCC(C)C)C2=O)cc1. The number of carbonyl (C=O) groups excluding carboxylic acids is 4. The highest BCUT2D eigenvalue weighted by Gasteiger charge is 2.48. The molecule has 0 aliphatic carbocycles. The molecule has 1 aromatic carbocycles. The smallest absolute Gasteiger partial charge is 0.326 e. The molecule has 0 bridgehead atoms. The highest BCUT2D eigenvalue weighted by molar-refractivity contribution is 6.08. The van der Waals surface area contributed by atoms with E-state index in [0.717, 1.165) is 11.3 Å². The van der Waals surface area contributed by atoms with Crippen molar-refractivity contribution in [1.29, 1.82) is 0 Å². The fourth-order valence-corrected chi connectivity index (χ4v) is 2.95. The third kappa shape index (κ3) is 5.79. The van der Waals surface area contributed by atoms with Crippen molar-refractivity contribution in [3.05, 3.63) is 29.8 Å². The van der Waals surface area contributed by atoms with Gasteiger partial charge in [0, 0.05) is 5.56 Å². The molecule has 1 aliphatic rings. The first-order chi connectivity index (χ1) is 13.7. The summed E-state index contributed by atoms with van der Waals surface area (Å²) in [6.45, 7) is 7.08. The highest BCUT2D eigenvalue weighted by Crippen LogP contribution is 2.24. The maximum atomic E-state index is 12.6. The second-order valence-electron chi connectivity index (χ2n) is 7.63. The van der Waals surface area contributed by atoms with Crippen LogP contribution in [0.15, 0.2) is 24.3 Å². The number of hydrogen-bond acceptors (Lipinski definition) is 6. The van der Waals surface area contributed by atoms with Crippen LogP contribution in [0.3, 0.4) is 0 Å². The van der Waals surface area contributed by atoms with E-state index in [-0.39, 0.29) is 5.78 Å². The molecule has 0 unspecified atom stereocenters. The molecule has 0 spiro atoms. The van der Waals surface area contributed by atoms with Crippen LogP contribution in [0.4, 0.5) is 4.79 Å². The fourth-order valence-electron chi connectivity index (χ4n) is 2.95. The zero-order valence-electron chi connectivity index (χ0n) is 17.3. The van der Waals surface area contributed by atoms with Crippen LogP contribution in [0.2, 0.25) is 0 Å². The zero-order chi connectivity index (χ0) is 21.6. The largest absolute Gasteiger partial charge is 0.494 e. The van der Waals surface area contributed by atoms with Crippen molar-refractivity contribution >= 4 is 23.7 Å². The van der Waals surface area contributed by atoms with E-state index in [9.17, 15) is 19.2 Å². The van der Waals surface area contributed by atoms with Gasteiger partial charge < -0.3 is 14.8 Å². The molecule has 3 amide bonds. The van der Waals surface area contributed by atoms with E-state index >= 15 is 0 Å². The van der Waals surface area contributed by atoms with Crippen molar-refractivity contribution in [3.8, 4) is 5.75 Å². The number of nitrogens with one attached hydrogen (secondary N) is 1. The van der Waals surface area contributed by atoms with Gasteiger partial charge in [-0.2, -0.15) is 0 Å². The number of Topliss-reactive ketones (excluding diaryl/α,β-unsaturated/α-hetero) is 1. The van der Waals surface area contributed by atoms with E-state index < -0.39 is 36.6 Å². The third-order valence-corrected chi connectivity index (χ3v) is 4.71. The average molecular weight is 404 g/mol. The van der Waals surface area contributed by atoms with Crippen LogP contribution in [0.25, 0.3) is 0 Å². The minimum Gasteiger partial charge on any atom is -0.494 e. The topological polar surface area (TPSA) is 102 Å². The first-order valence-electron chi connectivity index (χ1n) is 9.72. The summed E-state index contributed by atoms with van der Waals surface area (Å²) in [5.74, 6) is -0.650. The second kappa shape index (κ2) is 9.54. The molecule has 1 N–H and O–H groups in total. The molecule has 1 atom stereocenters. The number of ketones is 1. The fraction of sp³-hybridized carbons (Fsp3) is 0.524. The van der Waals surface area contributed by atoms with Crippen molar-refractivity contribution in [2.75, 3.05) is 19.8 Å². The number of nitrogens with zero attached hydrogens (tertiary/aromatic N) is 1. The molecule has 29 heavy (non-hydrogen) atoms. The summed E-state index contributed by atoms with van der Waals surface area (Å²) in [7, 11) is 0. The molecule has 1 saturated heterocycles. The van der Waals surface area contributed by atoms with Gasteiger partial charge in [-0.1, -0.05) is 13.8 Å². The van der Waals surface area contributed by atoms with Gasteiger partial charge in [0.15, 0.2) is 12.4 Å². The number of amides is 3. The quantitative estimate of drug-likeness (QED) is 0.365. The Balaban J connectivity index is 1.87. The summed E-state index contributed by atoms with van der Waals surface area (Å²) in [5.41, 5.74) is -0.655. The average Bonchev–Trinajstić information content (AvgIpc) is 2.89. The van der Waals surface area contributed by atoms with Crippen LogP contribution in [0, 0.1) is 5.92 Å². The Morgan fingerprint density at radius 1 is 1.17 bits per heavy atom. The lowest BCUT2D eigenvalue weighted by atomic mass is 9.92. The molecular formula is C21H28N2O6. The molecule has 0 radical (unpaired) electrons. The first kappa shape index (κ1) is 22.4. The van der Waals surface area contributed by atoms with Crippen molar-refractivity contribution in [1.82, 2.24) is 10.2 Å². The van der Waals surface area contributed by atoms with Crippen LogP contribution in [0.5, 0.6) is 5.75 Å². The summed E-state index contributed by atoms with van der Waals surface area (Å²) in [5, 5.41) is 2.65.